The van der Waals surface area contributed by atoms with Crippen LogP contribution in [0.5, 0.6) is 0 Å². The van der Waals surface area contributed by atoms with Gasteiger partial charge in [0.15, 0.2) is 0 Å². The van der Waals surface area contributed by atoms with Crippen LogP contribution in [0, 0.1) is 5.41 Å². The lowest BCUT2D eigenvalue weighted by Crippen LogP contribution is -2.26. The van der Waals surface area contributed by atoms with Gasteiger partial charge in [-0.25, -0.2) is 0 Å². The Bertz CT molecular complexity index is 63.4. The van der Waals surface area contributed by atoms with Crippen LogP contribution in [0.1, 0.15) is 20.8 Å². The van der Waals surface area contributed by atoms with Crippen LogP contribution in [-0.2, 0) is 0 Å². The lowest BCUT2D eigenvalue weighted by molar-refractivity contribution is -0.0856. The molecule has 0 unspecified atom stereocenters. The summed E-state index contributed by atoms with van der Waals surface area (Å²) in [4.78, 5) is 0. The van der Waals surface area contributed by atoms with E-state index >= 15 is 0 Å². The van der Waals surface area contributed by atoms with E-state index in [2.05, 4.69) is 20.8 Å². The third kappa shape index (κ3) is 5.92. The van der Waals surface area contributed by atoms with E-state index in [1.54, 1.807) is 7.05 Å². The third-order valence-electron chi connectivity index (χ3n) is 0.703. The van der Waals surface area contributed by atoms with Crippen molar-refractivity contribution in [3.8, 4) is 0 Å². The second kappa shape index (κ2) is 2.46. The maximum absolute atomic E-state index is 8.72. The average Bonchev–Trinajstić information content (AvgIpc) is 1.21. The van der Waals surface area contributed by atoms with Gasteiger partial charge in [-0.05, 0) is 5.41 Å². The molecule has 0 saturated carbocycles. The topological polar surface area (TPSA) is 23.5 Å². The van der Waals surface area contributed by atoms with Crippen LogP contribution in [0.2, 0.25) is 0 Å². The highest BCUT2D eigenvalue weighted by atomic mass is 16.5. The third-order valence-corrected chi connectivity index (χ3v) is 0.703. The standard InChI is InChI=1S/C6H15NO/c1-6(2,3)5-7(4)8/h8H,5H2,1-4H3. The summed E-state index contributed by atoms with van der Waals surface area (Å²) < 4.78 is 0. The SMILES string of the molecule is CN(O)CC(C)(C)C. The van der Waals surface area contributed by atoms with Gasteiger partial charge in [-0.1, -0.05) is 20.8 Å². The molecule has 0 radical (unpaired) electrons. The second-order valence-electron chi connectivity index (χ2n) is 3.38. The molecule has 0 spiro atoms. The van der Waals surface area contributed by atoms with Gasteiger partial charge in [-0.15, -0.1) is 0 Å². The average molecular weight is 117 g/mol. The molecule has 0 atom stereocenters. The minimum absolute atomic E-state index is 0.198. The summed E-state index contributed by atoms with van der Waals surface area (Å²) in [6, 6.07) is 0. The number of hydrogen-bond acceptors (Lipinski definition) is 2. The van der Waals surface area contributed by atoms with Crippen LogP contribution in [0.4, 0.5) is 0 Å². The first-order valence-electron chi connectivity index (χ1n) is 2.82. The van der Waals surface area contributed by atoms with Crippen molar-refractivity contribution in [1.29, 1.82) is 0 Å². The smallest absolute Gasteiger partial charge is 0.0283 e. The fourth-order valence-electron chi connectivity index (χ4n) is 0.686. The molecule has 8 heavy (non-hydrogen) atoms. The molecule has 0 aromatic rings. The van der Waals surface area contributed by atoms with Crippen LogP contribution in [-0.4, -0.2) is 23.9 Å². The molecule has 0 aliphatic rings. The zero-order chi connectivity index (χ0) is 6.78. The molecule has 2 nitrogen and oxygen atoms in total. The Kier molecular flexibility index (Phi) is 2.44. The van der Waals surface area contributed by atoms with Crippen molar-refractivity contribution >= 4 is 0 Å². The quantitative estimate of drug-likeness (QED) is 0.524. The van der Waals surface area contributed by atoms with E-state index in [4.69, 9.17) is 5.21 Å². The van der Waals surface area contributed by atoms with E-state index in [9.17, 15) is 0 Å². The van der Waals surface area contributed by atoms with E-state index in [-0.39, 0.29) is 5.41 Å². The highest BCUT2D eigenvalue weighted by Crippen LogP contribution is 2.12. The van der Waals surface area contributed by atoms with Crippen molar-refractivity contribution in [2.24, 2.45) is 5.41 Å². The van der Waals surface area contributed by atoms with Gasteiger partial charge in [0.25, 0.3) is 0 Å². The Hall–Kier alpha value is -0.0800. The van der Waals surface area contributed by atoms with E-state index in [1.165, 1.54) is 5.06 Å². The summed E-state index contributed by atoms with van der Waals surface area (Å²) in [5.74, 6) is 0. The van der Waals surface area contributed by atoms with Gasteiger partial charge >= 0.3 is 0 Å². The molecule has 0 amide bonds. The minimum atomic E-state index is 0.198. The lowest BCUT2D eigenvalue weighted by Gasteiger charge is -2.21. The largest absolute Gasteiger partial charge is 0.314 e. The molecule has 0 fully saturated rings. The van der Waals surface area contributed by atoms with Crippen LogP contribution < -0.4 is 0 Å². The van der Waals surface area contributed by atoms with Crippen molar-refractivity contribution in [3.63, 3.8) is 0 Å². The first-order valence-corrected chi connectivity index (χ1v) is 2.82. The predicted octanol–water partition coefficient (Wildman–Crippen LogP) is 1.35. The molecular formula is C6H15NO. The van der Waals surface area contributed by atoms with Crippen molar-refractivity contribution in [2.45, 2.75) is 20.8 Å². The zero-order valence-corrected chi connectivity index (χ0v) is 6.10. The van der Waals surface area contributed by atoms with Gasteiger partial charge in [0.05, 0.1) is 0 Å². The molecule has 0 aromatic carbocycles. The fraction of sp³-hybridized carbons (Fsp3) is 1.00. The Morgan fingerprint density at radius 1 is 1.38 bits per heavy atom. The minimum Gasteiger partial charge on any atom is -0.314 e. The van der Waals surface area contributed by atoms with Gasteiger partial charge in [-0.3, -0.25) is 0 Å². The van der Waals surface area contributed by atoms with Crippen molar-refractivity contribution in [3.05, 3.63) is 0 Å². The Balaban J connectivity index is 3.39. The first-order chi connectivity index (χ1) is 3.42. The lowest BCUT2D eigenvalue weighted by atomic mass is 9.97. The summed E-state index contributed by atoms with van der Waals surface area (Å²) in [6.45, 7) is 6.96. The van der Waals surface area contributed by atoms with E-state index in [0.717, 1.165) is 0 Å². The van der Waals surface area contributed by atoms with Crippen LogP contribution >= 0.6 is 0 Å². The highest BCUT2D eigenvalue weighted by molar-refractivity contribution is 4.61. The molecule has 0 aliphatic carbocycles. The maximum Gasteiger partial charge on any atom is 0.0283 e. The molecule has 50 valence electrons. The first kappa shape index (κ1) is 7.92. The van der Waals surface area contributed by atoms with E-state index in [0.29, 0.717) is 6.54 Å². The van der Waals surface area contributed by atoms with E-state index < -0.39 is 0 Å². The summed E-state index contributed by atoms with van der Waals surface area (Å²) in [6.07, 6.45) is 0. The number of rotatable bonds is 1. The summed E-state index contributed by atoms with van der Waals surface area (Å²) in [5, 5.41) is 9.93. The molecular weight excluding hydrogens is 102 g/mol. The van der Waals surface area contributed by atoms with Gasteiger partial charge < -0.3 is 5.21 Å². The van der Waals surface area contributed by atoms with Crippen LogP contribution in [0.15, 0.2) is 0 Å². The Labute approximate surface area is 51.1 Å². The van der Waals surface area contributed by atoms with Crippen LogP contribution in [0.3, 0.4) is 0 Å². The molecule has 1 N–H and O–H groups in total. The molecule has 0 aromatic heterocycles. The highest BCUT2D eigenvalue weighted by Gasteiger charge is 2.10. The normalized spacial score (nSPS) is 12.8. The molecule has 2 heteroatoms. The zero-order valence-electron chi connectivity index (χ0n) is 6.10. The van der Waals surface area contributed by atoms with Gasteiger partial charge in [0, 0.05) is 13.6 Å². The van der Waals surface area contributed by atoms with Crippen LogP contribution in [0.25, 0.3) is 0 Å². The molecule has 0 saturated heterocycles. The summed E-state index contributed by atoms with van der Waals surface area (Å²) >= 11 is 0. The Morgan fingerprint density at radius 2 is 1.75 bits per heavy atom. The monoisotopic (exact) mass is 117 g/mol. The van der Waals surface area contributed by atoms with Crippen molar-refractivity contribution < 1.29 is 5.21 Å². The summed E-state index contributed by atoms with van der Waals surface area (Å²) in [7, 11) is 1.66. The summed E-state index contributed by atoms with van der Waals surface area (Å²) in [5.41, 5.74) is 0.198. The van der Waals surface area contributed by atoms with Gasteiger partial charge in [-0.2, -0.15) is 5.06 Å². The molecule has 0 rings (SSSR count). The predicted molar refractivity (Wildman–Crippen MR) is 33.9 cm³/mol. The van der Waals surface area contributed by atoms with Gasteiger partial charge in [0.2, 0.25) is 0 Å². The maximum atomic E-state index is 8.72. The van der Waals surface area contributed by atoms with Gasteiger partial charge in [0.1, 0.15) is 0 Å². The second-order valence-corrected chi connectivity index (χ2v) is 3.38. The molecule has 0 bridgehead atoms. The van der Waals surface area contributed by atoms with E-state index in [1.807, 2.05) is 0 Å². The Morgan fingerprint density at radius 3 is 1.75 bits per heavy atom. The number of hydrogen-bond donors (Lipinski definition) is 1. The number of nitrogens with zero attached hydrogens (tertiary/aromatic N) is 1. The number of hydroxylamine groups is 2. The molecule has 0 aliphatic heterocycles. The van der Waals surface area contributed by atoms with Crippen molar-refractivity contribution in [2.75, 3.05) is 13.6 Å². The van der Waals surface area contributed by atoms with Crippen molar-refractivity contribution in [1.82, 2.24) is 5.06 Å². The fourth-order valence-corrected chi connectivity index (χ4v) is 0.686. The molecule has 0 heterocycles.